The van der Waals surface area contributed by atoms with Crippen LogP contribution < -0.4 is 9.47 Å². The third kappa shape index (κ3) is 7.71. The molecule has 4 aromatic rings. The lowest BCUT2D eigenvalue weighted by atomic mass is 10.0. The summed E-state index contributed by atoms with van der Waals surface area (Å²) in [6, 6.07) is 30.5. The van der Waals surface area contributed by atoms with Gasteiger partial charge in [0.2, 0.25) is 0 Å². The summed E-state index contributed by atoms with van der Waals surface area (Å²) in [5.41, 5.74) is 5.20. The summed E-state index contributed by atoms with van der Waals surface area (Å²) >= 11 is 0. The van der Waals surface area contributed by atoms with Crippen molar-refractivity contribution in [3.8, 4) is 33.8 Å². The highest BCUT2D eigenvalue weighted by atomic mass is 16.5. The Morgan fingerprint density at radius 1 is 0.487 bits per heavy atom. The maximum Gasteiger partial charge on any atom is 0.338 e. The number of esters is 2. The molecular weight excluding hydrogens is 492 g/mol. The first-order chi connectivity index (χ1) is 19.1. The average Bonchev–Trinajstić information content (AvgIpc) is 2.98. The van der Waals surface area contributed by atoms with E-state index in [1.54, 1.807) is 38.1 Å². The predicted octanol–water partition coefficient (Wildman–Crippen LogP) is 7.22. The van der Waals surface area contributed by atoms with E-state index >= 15 is 0 Å². The van der Waals surface area contributed by atoms with E-state index in [1.807, 2.05) is 72.8 Å². The molecule has 0 spiro atoms. The summed E-state index contributed by atoms with van der Waals surface area (Å²) in [5, 5.41) is 0. The zero-order valence-corrected chi connectivity index (χ0v) is 22.2. The summed E-state index contributed by atoms with van der Waals surface area (Å²) in [4.78, 5) is 23.6. The summed E-state index contributed by atoms with van der Waals surface area (Å²) in [6.45, 7) is 5.38. The second-order valence-electron chi connectivity index (χ2n) is 8.69. The van der Waals surface area contributed by atoms with Crippen LogP contribution in [0, 0.1) is 0 Å². The molecule has 0 aromatic heterocycles. The minimum absolute atomic E-state index is 0.312. The first-order valence-electron chi connectivity index (χ1n) is 13.1. The molecule has 4 rings (SSSR count). The number of hydrogen-bond donors (Lipinski definition) is 0. The van der Waals surface area contributed by atoms with Gasteiger partial charge in [0.05, 0.1) is 37.6 Å². The average molecular weight is 525 g/mol. The summed E-state index contributed by atoms with van der Waals surface area (Å²) in [6.07, 6.45) is 0.744. The minimum atomic E-state index is -0.312. The normalized spacial score (nSPS) is 10.5. The van der Waals surface area contributed by atoms with E-state index in [0.29, 0.717) is 37.6 Å². The van der Waals surface area contributed by atoms with Crippen LogP contribution in [0.15, 0.2) is 97.1 Å². The highest BCUT2D eigenvalue weighted by Crippen LogP contribution is 2.25. The summed E-state index contributed by atoms with van der Waals surface area (Å²) < 4.78 is 21.8. The number of carbonyl (C=O) groups excluding carboxylic acids is 2. The van der Waals surface area contributed by atoms with Gasteiger partial charge in [-0.1, -0.05) is 48.5 Å². The van der Waals surface area contributed by atoms with E-state index < -0.39 is 0 Å². The lowest BCUT2D eigenvalue weighted by molar-refractivity contribution is 0.0517. The van der Waals surface area contributed by atoms with Gasteiger partial charge in [0.15, 0.2) is 0 Å². The van der Waals surface area contributed by atoms with E-state index in [-0.39, 0.29) is 11.9 Å². The van der Waals surface area contributed by atoms with E-state index in [4.69, 9.17) is 18.9 Å². The molecular formula is C33H32O6. The summed E-state index contributed by atoms with van der Waals surface area (Å²) in [5.74, 6) is 0.960. The van der Waals surface area contributed by atoms with Crippen LogP contribution >= 0.6 is 0 Å². The van der Waals surface area contributed by atoms with Crippen LogP contribution in [0.2, 0.25) is 0 Å². The van der Waals surface area contributed by atoms with Gasteiger partial charge in [0, 0.05) is 6.42 Å². The Hall–Kier alpha value is -4.58. The Labute approximate surface area is 229 Å². The van der Waals surface area contributed by atoms with Crippen LogP contribution in [0.3, 0.4) is 0 Å². The van der Waals surface area contributed by atoms with Crippen molar-refractivity contribution in [1.29, 1.82) is 0 Å². The SMILES string of the molecule is CCOC(=O)c1ccc(-c2ccc(OCCCOc3ccc(-c4ccc(C(=O)OCC)cc4)cc3)cc2)cc1. The Morgan fingerprint density at radius 3 is 1.10 bits per heavy atom. The quantitative estimate of drug-likeness (QED) is 0.144. The molecule has 0 N–H and O–H groups in total. The molecule has 0 bridgehead atoms. The highest BCUT2D eigenvalue weighted by Gasteiger charge is 2.08. The molecule has 6 heteroatoms. The van der Waals surface area contributed by atoms with Crippen LogP contribution in [-0.4, -0.2) is 38.4 Å². The van der Waals surface area contributed by atoms with Gasteiger partial charge < -0.3 is 18.9 Å². The Morgan fingerprint density at radius 2 is 0.795 bits per heavy atom. The molecule has 200 valence electrons. The van der Waals surface area contributed by atoms with Gasteiger partial charge in [0.25, 0.3) is 0 Å². The van der Waals surface area contributed by atoms with Crippen molar-refractivity contribution < 1.29 is 28.5 Å². The Bertz CT molecular complexity index is 1230. The van der Waals surface area contributed by atoms with Gasteiger partial charge in [-0.25, -0.2) is 9.59 Å². The molecule has 0 saturated carbocycles. The van der Waals surface area contributed by atoms with Crippen molar-refractivity contribution in [3.05, 3.63) is 108 Å². The van der Waals surface area contributed by atoms with Crippen LogP contribution in [0.5, 0.6) is 11.5 Å². The van der Waals surface area contributed by atoms with Crippen LogP contribution in [0.25, 0.3) is 22.3 Å². The van der Waals surface area contributed by atoms with Crippen molar-refractivity contribution in [2.75, 3.05) is 26.4 Å². The van der Waals surface area contributed by atoms with E-state index in [0.717, 1.165) is 40.2 Å². The standard InChI is InChI=1S/C33H32O6/c1-3-36-32(34)28-10-6-24(7-11-28)26-14-18-30(19-15-26)38-22-5-23-39-31-20-16-27(17-21-31)25-8-12-29(13-9-25)33(35)37-4-2/h6-21H,3-5,22-23H2,1-2H3. The van der Waals surface area contributed by atoms with Crippen molar-refractivity contribution in [1.82, 2.24) is 0 Å². The van der Waals surface area contributed by atoms with Crippen molar-refractivity contribution in [2.45, 2.75) is 20.3 Å². The molecule has 0 aliphatic carbocycles. The Kier molecular flexibility index (Phi) is 9.73. The van der Waals surface area contributed by atoms with E-state index in [2.05, 4.69) is 0 Å². The smallest absolute Gasteiger partial charge is 0.338 e. The van der Waals surface area contributed by atoms with Gasteiger partial charge in [0.1, 0.15) is 11.5 Å². The third-order valence-electron chi connectivity index (χ3n) is 5.99. The van der Waals surface area contributed by atoms with Gasteiger partial charge in [-0.3, -0.25) is 0 Å². The maximum absolute atomic E-state index is 11.8. The van der Waals surface area contributed by atoms with E-state index in [1.165, 1.54) is 0 Å². The van der Waals surface area contributed by atoms with E-state index in [9.17, 15) is 9.59 Å². The van der Waals surface area contributed by atoms with Gasteiger partial charge in [-0.2, -0.15) is 0 Å². The fourth-order valence-electron chi connectivity index (χ4n) is 3.95. The number of carbonyl (C=O) groups is 2. The van der Waals surface area contributed by atoms with Crippen molar-refractivity contribution >= 4 is 11.9 Å². The zero-order valence-electron chi connectivity index (χ0n) is 22.2. The third-order valence-corrected chi connectivity index (χ3v) is 5.99. The molecule has 39 heavy (non-hydrogen) atoms. The molecule has 0 radical (unpaired) electrons. The number of benzene rings is 4. The highest BCUT2D eigenvalue weighted by molar-refractivity contribution is 5.90. The van der Waals surface area contributed by atoms with Crippen LogP contribution in [-0.2, 0) is 9.47 Å². The second-order valence-corrected chi connectivity index (χ2v) is 8.69. The molecule has 0 heterocycles. The van der Waals surface area contributed by atoms with Gasteiger partial charge >= 0.3 is 11.9 Å². The zero-order chi connectivity index (χ0) is 27.5. The first kappa shape index (κ1) is 27.5. The summed E-state index contributed by atoms with van der Waals surface area (Å²) in [7, 11) is 0. The molecule has 6 nitrogen and oxygen atoms in total. The minimum Gasteiger partial charge on any atom is -0.493 e. The fourth-order valence-corrected chi connectivity index (χ4v) is 3.95. The molecule has 0 saturated heterocycles. The first-order valence-corrected chi connectivity index (χ1v) is 13.1. The Balaban J connectivity index is 1.19. The molecule has 0 aliphatic heterocycles. The molecule has 0 fully saturated rings. The molecule has 0 amide bonds. The van der Waals surface area contributed by atoms with Crippen molar-refractivity contribution in [2.24, 2.45) is 0 Å². The number of ether oxygens (including phenoxy) is 4. The van der Waals surface area contributed by atoms with Crippen LogP contribution in [0.4, 0.5) is 0 Å². The van der Waals surface area contributed by atoms with Gasteiger partial charge in [-0.15, -0.1) is 0 Å². The predicted molar refractivity (Wildman–Crippen MR) is 151 cm³/mol. The largest absolute Gasteiger partial charge is 0.493 e. The molecule has 4 aromatic carbocycles. The van der Waals surface area contributed by atoms with Gasteiger partial charge in [-0.05, 0) is 84.6 Å². The molecule has 0 atom stereocenters. The topological polar surface area (TPSA) is 71.1 Å². The number of rotatable bonds is 12. The monoisotopic (exact) mass is 524 g/mol. The van der Waals surface area contributed by atoms with Crippen molar-refractivity contribution in [3.63, 3.8) is 0 Å². The molecule has 0 aliphatic rings. The fraction of sp³-hybridized carbons (Fsp3) is 0.212. The van der Waals surface area contributed by atoms with Crippen LogP contribution in [0.1, 0.15) is 41.0 Å². The lowest BCUT2D eigenvalue weighted by Crippen LogP contribution is -2.05. The lowest BCUT2D eigenvalue weighted by Gasteiger charge is -2.10. The molecule has 0 unspecified atom stereocenters. The number of hydrogen-bond acceptors (Lipinski definition) is 6. The maximum atomic E-state index is 11.8. The second kappa shape index (κ2) is 13.8.